The maximum absolute atomic E-state index is 5.79. The van der Waals surface area contributed by atoms with Crippen molar-refractivity contribution >= 4 is 0 Å². The van der Waals surface area contributed by atoms with Crippen molar-refractivity contribution in [2.24, 2.45) is 5.92 Å². The molecule has 6 nitrogen and oxygen atoms in total. The summed E-state index contributed by atoms with van der Waals surface area (Å²) in [5.41, 5.74) is 0.0238. The summed E-state index contributed by atoms with van der Waals surface area (Å²) in [5.74, 6) is 0.748. The van der Waals surface area contributed by atoms with Crippen molar-refractivity contribution in [2.75, 3.05) is 74.2 Å². The molecule has 33 heavy (non-hydrogen) atoms. The fraction of sp³-hybridized carbons (Fsp3) is 1.00. The van der Waals surface area contributed by atoms with Gasteiger partial charge in [-0.15, -0.1) is 0 Å². The first-order valence-electron chi connectivity index (χ1n) is 12.7. The molecule has 0 spiro atoms. The molecule has 1 aliphatic rings. The molecule has 0 amide bonds. The van der Waals surface area contributed by atoms with Crippen LogP contribution in [0.3, 0.4) is 0 Å². The minimum absolute atomic E-state index is 0. The molecule has 1 saturated heterocycles. The van der Waals surface area contributed by atoms with Crippen molar-refractivity contribution in [1.29, 1.82) is 0 Å². The molecule has 1 N–H and O–H groups in total. The molecule has 0 aromatic carbocycles. The number of hydrogen-bond donors (Lipinski definition) is 1. The summed E-state index contributed by atoms with van der Waals surface area (Å²) in [7, 11) is 8.31. The molecule has 0 aromatic heterocycles. The largest absolute Gasteiger partial charge is 0.379 e. The van der Waals surface area contributed by atoms with Crippen molar-refractivity contribution in [3.8, 4) is 0 Å². The second-order valence-electron chi connectivity index (χ2n) is 10.6. The van der Waals surface area contributed by atoms with E-state index < -0.39 is 0 Å². The Hall–Kier alpha value is -0.240. The number of rotatable bonds is 12. The smallest absolute Gasteiger partial charge is 0.0598 e. The normalized spacial score (nSPS) is 16.7. The van der Waals surface area contributed by atoms with Gasteiger partial charge >= 0.3 is 0 Å². The molecule has 1 atom stereocenters. The molecule has 1 fully saturated rings. The van der Waals surface area contributed by atoms with Gasteiger partial charge in [-0.3, -0.25) is 0 Å². The van der Waals surface area contributed by atoms with Gasteiger partial charge in [-0.05, 0) is 128 Å². The first-order valence-corrected chi connectivity index (χ1v) is 12.7. The first-order chi connectivity index (χ1) is 14.9. The Morgan fingerprint density at radius 1 is 1.00 bits per heavy atom. The van der Waals surface area contributed by atoms with Gasteiger partial charge in [0.15, 0.2) is 0 Å². The van der Waals surface area contributed by atoms with Gasteiger partial charge in [0.25, 0.3) is 0 Å². The zero-order chi connectivity index (χ0) is 25.0. The zero-order valence-electron chi connectivity index (χ0n) is 23.6. The average molecular weight is 478 g/mol. The molecular formula is C27H63N3O3. The Balaban J connectivity index is -0.000000412. The highest BCUT2D eigenvalue weighted by atomic mass is 16.5. The van der Waals surface area contributed by atoms with Crippen LogP contribution < -0.4 is 5.32 Å². The lowest BCUT2D eigenvalue weighted by Gasteiger charge is -2.31. The van der Waals surface area contributed by atoms with Gasteiger partial charge in [0.05, 0.1) is 24.4 Å². The van der Waals surface area contributed by atoms with Gasteiger partial charge in [-0.1, -0.05) is 7.43 Å². The molecule has 0 bridgehead atoms. The van der Waals surface area contributed by atoms with Gasteiger partial charge in [0, 0.05) is 19.8 Å². The summed E-state index contributed by atoms with van der Waals surface area (Å²) in [6.07, 6.45) is 5.65. The van der Waals surface area contributed by atoms with Crippen LogP contribution in [0, 0.1) is 5.92 Å². The van der Waals surface area contributed by atoms with Crippen LogP contribution in [-0.4, -0.2) is 102 Å². The highest BCUT2D eigenvalue weighted by molar-refractivity contribution is 4.71. The molecule has 0 aromatic rings. The third-order valence-electron chi connectivity index (χ3n) is 4.70. The molecule has 0 saturated carbocycles. The van der Waals surface area contributed by atoms with Crippen LogP contribution in [0.4, 0.5) is 0 Å². The molecule has 1 rings (SSSR count). The molecule has 204 valence electrons. The number of ether oxygens (including phenoxy) is 3. The number of nitrogens with zero attached hydrogens (tertiary/aromatic N) is 2. The Labute approximate surface area is 209 Å². The summed E-state index contributed by atoms with van der Waals surface area (Å²) < 4.78 is 16.5. The summed E-state index contributed by atoms with van der Waals surface area (Å²) >= 11 is 0. The summed E-state index contributed by atoms with van der Waals surface area (Å²) in [6.45, 7) is 21.9. The molecule has 1 aliphatic heterocycles. The maximum Gasteiger partial charge on any atom is 0.0598 e. The Bertz CT molecular complexity index is 375. The second-order valence-corrected chi connectivity index (χ2v) is 10.6. The van der Waals surface area contributed by atoms with Crippen LogP contribution in [0.2, 0.25) is 0 Å². The lowest BCUT2D eigenvalue weighted by molar-refractivity contribution is -0.0329. The average Bonchev–Trinajstić information content (AvgIpc) is 2.67. The van der Waals surface area contributed by atoms with Gasteiger partial charge < -0.3 is 29.3 Å². The SMILES string of the molecule is C.CC(C)OCCCN(C)C.CN1CCCC(COC(C)(C)C)C1.CNCCCOC(C)C. The van der Waals surface area contributed by atoms with Crippen LogP contribution in [0.5, 0.6) is 0 Å². The number of piperidine rings is 1. The van der Waals surface area contributed by atoms with E-state index in [1.165, 1.54) is 25.9 Å². The third kappa shape index (κ3) is 34.0. The van der Waals surface area contributed by atoms with Gasteiger partial charge in [-0.25, -0.2) is 0 Å². The number of hydrogen-bond acceptors (Lipinski definition) is 6. The van der Waals surface area contributed by atoms with Crippen molar-refractivity contribution in [1.82, 2.24) is 15.1 Å². The van der Waals surface area contributed by atoms with Crippen molar-refractivity contribution in [3.63, 3.8) is 0 Å². The Morgan fingerprint density at radius 2 is 1.55 bits per heavy atom. The third-order valence-corrected chi connectivity index (χ3v) is 4.70. The van der Waals surface area contributed by atoms with Gasteiger partial charge in [-0.2, -0.15) is 0 Å². The first kappa shape index (κ1) is 37.3. The quantitative estimate of drug-likeness (QED) is 0.392. The maximum atomic E-state index is 5.79. The topological polar surface area (TPSA) is 46.2 Å². The van der Waals surface area contributed by atoms with Crippen molar-refractivity contribution in [3.05, 3.63) is 0 Å². The highest BCUT2D eigenvalue weighted by Gasteiger charge is 2.19. The lowest BCUT2D eigenvalue weighted by Crippen LogP contribution is -2.36. The van der Waals surface area contributed by atoms with Crippen LogP contribution in [0.1, 0.15) is 81.6 Å². The van der Waals surface area contributed by atoms with E-state index in [2.05, 4.69) is 84.7 Å². The van der Waals surface area contributed by atoms with E-state index in [0.717, 1.165) is 51.7 Å². The van der Waals surface area contributed by atoms with Crippen molar-refractivity contribution in [2.45, 2.75) is 99.4 Å². The van der Waals surface area contributed by atoms with Crippen molar-refractivity contribution < 1.29 is 14.2 Å². The predicted molar refractivity (Wildman–Crippen MR) is 147 cm³/mol. The van der Waals surface area contributed by atoms with Gasteiger partial charge in [0.2, 0.25) is 0 Å². The van der Waals surface area contributed by atoms with Crippen LogP contribution in [-0.2, 0) is 14.2 Å². The molecule has 1 heterocycles. The summed E-state index contributed by atoms with van der Waals surface area (Å²) in [6, 6.07) is 0. The monoisotopic (exact) mass is 477 g/mol. The fourth-order valence-electron chi connectivity index (χ4n) is 3.04. The molecule has 0 radical (unpaired) electrons. The second kappa shape index (κ2) is 23.5. The summed E-state index contributed by atoms with van der Waals surface area (Å²) in [5, 5.41) is 3.06. The zero-order valence-corrected chi connectivity index (χ0v) is 23.6. The van der Waals surface area contributed by atoms with E-state index in [9.17, 15) is 0 Å². The summed E-state index contributed by atoms with van der Waals surface area (Å²) in [4.78, 5) is 4.57. The Morgan fingerprint density at radius 3 is 1.97 bits per heavy atom. The van der Waals surface area contributed by atoms with E-state index in [0.29, 0.717) is 12.2 Å². The molecule has 1 unspecified atom stereocenters. The minimum atomic E-state index is 0. The Kier molecular flexibility index (Phi) is 26.6. The predicted octanol–water partition coefficient (Wildman–Crippen LogP) is 5.16. The van der Waals surface area contributed by atoms with E-state index in [4.69, 9.17) is 14.2 Å². The molecule has 6 heteroatoms. The fourth-order valence-corrected chi connectivity index (χ4v) is 3.04. The van der Waals surface area contributed by atoms with Gasteiger partial charge in [0.1, 0.15) is 0 Å². The number of nitrogens with one attached hydrogen (secondary N) is 1. The van der Waals surface area contributed by atoms with Crippen LogP contribution >= 0.6 is 0 Å². The molecular weight excluding hydrogens is 414 g/mol. The minimum Gasteiger partial charge on any atom is -0.379 e. The van der Waals surface area contributed by atoms with Crippen LogP contribution in [0.15, 0.2) is 0 Å². The van der Waals surface area contributed by atoms with E-state index >= 15 is 0 Å². The standard InChI is InChI=1S/C11H23NO.C8H19NO.C7H17NO.CH4/c1-11(2,3)13-9-10-6-5-7-12(4)8-10;1-8(2)10-7-5-6-9(3)4;1-7(2)9-6-4-5-8-3;/h10H,5-9H2,1-4H3;8H,5-7H2,1-4H3;7-8H,4-6H2,1-3H3;1H4. The number of likely N-dealkylation sites (tertiary alicyclic amines) is 1. The molecule has 0 aliphatic carbocycles. The lowest BCUT2D eigenvalue weighted by atomic mass is 9.99. The van der Waals surface area contributed by atoms with E-state index in [-0.39, 0.29) is 13.0 Å². The van der Waals surface area contributed by atoms with E-state index in [1.807, 2.05) is 7.05 Å². The van der Waals surface area contributed by atoms with E-state index in [1.54, 1.807) is 0 Å². The van der Waals surface area contributed by atoms with Crippen LogP contribution in [0.25, 0.3) is 0 Å². The highest BCUT2D eigenvalue weighted by Crippen LogP contribution is 2.18.